The summed E-state index contributed by atoms with van der Waals surface area (Å²) in [5, 5.41) is 4.02. The summed E-state index contributed by atoms with van der Waals surface area (Å²) in [6.45, 7) is 2.51. The van der Waals surface area contributed by atoms with Crippen molar-refractivity contribution in [2.75, 3.05) is 50.4 Å². The average Bonchev–Trinajstić information content (AvgIpc) is 4.07. The Morgan fingerprint density at radius 2 is 1.47 bits per heavy atom. The molecule has 8 heterocycles. The van der Waals surface area contributed by atoms with Gasteiger partial charge < -0.3 is 30.1 Å². The molecular weight excluding hydrogens is 850 g/mol. The van der Waals surface area contributed by atoms with Gasteiger partial charge in [0.15, 0.2) is 10.8 Å². The number of aryl methyl sites for hydroxylation is 1. The third-order valence-electron chi connectivity index (χ3n) is 9.21. The van der Waals surface area contributed by atoms with Gasteiger partial charge in [-0.25, -0.2) is 34.9 Å². The zero-order valence-electron chi connectivity index (χ0n) is 31.1. The monoisotopic (exact) mass is 883 g/mol. The first kappa shape index (κ1) is 39.4. The number of rotatable bonds is 14. The van der Waals surface area contributed by atoms with E-state index in [-0.39, 0.29) is 17.9 Å². The number of nitrogens with two attached hydrogens (primary N) is 2. The zero-order chi connectivity index (χ0) is 40.1. The smallest absolute Gasteiger partial charge is 0.228 e. The van der Waals surface area contributed by atoms with Gasteiger partial charge in [0.05, 0.1) is 91.7 Å². The number of hydrogen-bond acceptors (Lipinski definition) is 17. The predicted octanol–water partition coefficient (Wildman–Crippen LogP) is 6.06. The molecule has 0 spiro atoms. The molecule has 0 aromatic carbocycles. The summed E-state index contributed by atoms with van der Waals surface area (Å²) in [6, 6.07) is 1.83. The van der Waals surface area contributed by atoms with Gasteiger partial charge in [-0.15, -0.1) is 45.3 Å². The zero-order valence-corrected chi connectivity index (χ0v) is 36.0. The van der Waals surface area contributed by atoms with Crippen LogP contribution in [0.15, 0.2) is 38.5 Å². The van der Waals surface area contributed by atoms with Gasteiger partial charge in [-0.3, -0.25) is 8.42 Å². The summed E-state index contributed by atoms with van der Waals surface area (Å²) in [4.78, 5) is 33.9. The van der Waals surface area contributed by atoms with Crippen LogP contribution in [0.2, 0.25) is 0 Å². The second-order valence-corrected chi connectivity index (χ2v) is 20.1. The van der Waals surface area contributed by atoms with E-state index in [2.05, 4.69) is 15.0 Å². The van der Waals surface area contributed by atoms with E-state index in [0.29, 0.717) is 97.1 Å². The fraction of sp³-hybridized carbons (Fsp3) is 0.286. The van der Waals surface area contributed by atoms with Crippen LogP contribution in [0.3, 0.4) is 0 Å². The summed E-state index contributed by atoms with van der Waals surface area (Å²) in [6.07, 6.45) is 5.20. The maximum Gasteiger partial charge on any atom is 0.228 e. The lowest BCUT2D eigenvalue weighted by Gasteiger charge is -2.09. The van der Waals surface area contributed by atoms with Crippen LogP contribution in [0, 0.1) is 12.9 Å². The molecule has 2 atom stereocenters. The lowest BCUT2D eigenvalue weighted by atomic mass is 10.1. The Bertz CT molecular complexity index is 2840. The molecule has 4 N–H and O–H groups in total. The first-order valence-corrected chi connectivity index (χ1v) is 23.1. The molecule has 0 radical (unpaired) electrons. The van der Waals surface area contributed by atoms with Gasteiger partial charge in [-0.05, 0) is 13.0 Å². The highest BCUT2D eigenvalue weighted by atomic mass is 32.2. The molecule has 0 amide bonds. The van der Waals surface area contributed by atoms with Crippen molar-refractivity contribution in [2.24, 2.45) is 14.1 Å². The molecule has 0 bridgehead atoms. The van der Waals surface area contributed by atoms with Gasteiger partial charge in [0.25, 0.3) is 0 Å². The van der Waals surface area contributed by atoms with Crippen molar-refractivity contribution in [3.8, 4) is 44.2 Å². The number of thiophene rings is 2. The fourth-order valence-electron chi connectivity index (χ4n) is 6.15. The quantitative estimate of drug-likeness (QED) is 0.128. The number of nitrogen functional groups attached to an aromatic ring is 2. The van der Waals surface area contributed by atoms with Crippen molar-refractivity contribution in [1.82, 2.24) is 44.0 Å². The summed E-state index contributed by atoms with van der Waals surface area (Å²) in [5.41, 5.74) is 17.1. The van der Waals surface area contributed by atoms with Gasteiger partial charge in [0.2, 0.25) is 5.95 Å². The van der Waals surface area contributed by atoms with Crippen molar-refractivity contribution in [3.05, 3.63) is 52.5 Å². The largest absolute Gasteiger partial charge is 0.396 e. The van der Waals surface area contributed by atoms with Crippen LogP contribution in [0.1, 0.15) is 16.5 Å². The standard InChI is InChI=1S/C35H34FN11O4S6/c1-16-40-14-19(46(16)2)17-12-18(42-31-23(17)25(37)34(54-31)56(48)10-7-50-4)30-44-28(36)21(53-30)13-22-41-15-20(47(22)3)27-24-26(38)35(57(49)11-8-51-5)55-32(24)45-29(43-27)33-39-6-9-52-33/h6,9,12,14-15H,7-8,10-11,13,37-38H2,1-5H3. The Morgan fingerprint density at radius 1 is 0.807 bits per heavy atom. The van der Waals surface area contributed by atoms with Crippen LogP contribution in [0.5, 0.6) is 0 Å². The van der Waals surface area contributed by atoms with Crippen LogP contribution in [-0.4, -0.2) is 91.4 Å². The molecule has 2 unspecified atom stereocenters. The average molecular weight is 884 g/mol. The molecule has 0 saturated heterocycles. The van der Waals surface area contributed by atoms with Gasteiger partial charge >= 0.3 is 0 Å². The normalized spacial score (nSPS) is 13.0. The number of fused-ring (bicyclic) bond motifs is 2. The molecule has 8 rings (SSSR count). The number of pyridine rings is 1. The van der Waals surface area contributed by atoms with Crippen molar-refractivity contribution < 1.29 is 22.3 Å². The second-order valence-electron chi connectivity index (χ2n) is 12.6. The minimum Gasteiger partial charge on any atom is -0.396 e. The van der Waals surface area contributed by atoms with Crippen LogP contribution in [0.4, 0.5) is 15.8 Å². The minimum absolute atomic E-state index is 0.115. The summed E-state index contributed by atoms with van der Waals surface area (Å²) >= 11 is 5.06. The second kappa shape index (κ2) is 16.1. The number of thiazole rings is 2. The highest BCUT2D eigenvalue weighted by molar-refractivity contribution is 7.88. The Kier molecular flexibility index (Phi) is 11.1. The number of methoxy groups -OCH3 is 2. The number of aromatic nitrogens is 9. The molecule has 8 aromatic heterocycles. The highest BCUT2D eigenvalue weighted by Crippen LogP contribution is 2.44. The number of imidazole rings is 2. The van der Waals surface area contributed by atoms with Crippen molar-refractivity contribution >= 4 is 98.8 Å². The van der Waals surface area contributed by atoms with Crippen molar-refractivity contribution in [2.45, 2.75) is 21.8 Å². The van der Waals surface area contributed by atoms with Gasteiger partial charge in [0, 0.05) is 57.3 Å². The van der Waals surface area contributed by atoms with E-state index in [9.17, 15) is 8.42 Å². The molecule has 22 heteroatoms. The lowest BCUT2D eigenvalue weighted by Crippen LogP contribution is -2.05. The van der Waals surface area contributed by atoms with Crippen LogP contribution in [0.25, 0.3) is 64.6 Å². The van der Waals surface area contributed by atoms with E-state index in [1.807, 2.05) is 41.6 Å². The fourth-order valence-corrected chi connectivity index (χ4v) is 12.7. The highest BCUT2D eigenvalue weighted by Gasteiger charge is 2.27. The SMILES string of the molecule is COCCS(=O)c1sc2nc(-c3nc(F)c(Cc4ncc(-c5nc(-c6nccs6)nc6sc(S(=O)CCOC)c(N)c56)n4C)s3)cc(-c3cnc(C)n3C)c2c1N. The molecule has 57 heavy (non-hydrogen) atoms. The minimum atomic E-state index is -1.42. The maximum atomic E-state index is 15.8. The number of hydrogen-bond donors (Lipinski definition) is 2. The first-order chi connectivity index (χ1) is 27.5. The van der Waals surface area contributed by atoms with Crippen LogP contribution >= 0.6 is 45.3 Å². The number of anilines is 2. The molecule has 15 nitrogen and oxygen atoms in total. The third kappa shape index (κ3) is 7.21. The molecule has 0 fully saturated rings. The summed E-state index contributed by atoms with van der Waals surface area (Å²) in [5.74, 6) is 1.64. The molecular formula is C35H34FN11O4S6. The number of ether oxygens (including phenoxy) is 2. The lowest BCUT2D eigenvalue weighted by molar-refractivity contribution is 0.218. The Balaban J connectivity index is 1.18. The Hall–Kier alpha value is -4.42. The topological polar surface area (TPSA) is 205 Å². The predicted molar refractivity (Wildman–Crippen MR) is 226 cm³/mol. The number of nitrogens with zero attached hydrogens (tertiary/aromatic N) is 9. The molecule has 296 valence electrons. The summed E-state index contributed by atoms with van der Waals surface area (Å²) in [7, 11) is 4.00. The maximum absolute atomic E-state index is 15.8. The molecule has 0 aliphatic heterocycles. The van der Waals surface area contributed by atoms with Gasteiger partial charge in [-0.1, -0.05) is 0 Å². The van der Waals surface area contributed by atoms with Gasteiger partial charge in [-0.2, -0.15) is 4.39 Å². The molecule has 8 aromatic rings. The van der Waals surface area contributed by atoms with Crippen molar-refractivity contribution in [3.63, 3.8) is 0 Å². The van der Waals surface area contributed by atoms with Crippen molar-refractivity contribution in [1.29, 1.82) is 0 Å². The molecule has 0 saturated carbocycles. The Labute approximate surface area is 345 Å². The molecule has 0 aliphatic rings. The van der Waals surface area contributed by atoms with E-state index in [0.717, 1.165) is 17.1 Å². The van der Waals surface area contributed by atoms with Crippen LogP contribution in [-0.2, 0) is 51.6 Å². The first-order valence-electron chi connectivity index (χ1n) is 17.1. The van der Waals surface area contributed by atoms with E-state index in [4.69, 9.17) is 40.9 Å². The Morgan fingerprint density at radius 3 is 2.11 bits per heavy atom. The van der Waals surface area contributed by atoms with E-state index in [1.54, 1.807) is 32.8 Å². The van der Waals surface area contributed by atoms with E-state index < -0.39 is 27.5 Å². The third-order valence-corrected chi connectivity index (χ3v) is 16.8. The van der Waals surface area contributed by atoms with E-state index in [1.165, 1.54) is 45.3 Å². The molecule has 0 aliphatic carbocycles. The van der Waals surface area contributed by atoms with Crippen LogP contribution < -0.4 is 11.5 Å². The number of halogens is 1. The van der Waals surface area contributed by atoms with Gasteiger partial charge in [0.1, 0.15) is 46.1 Å². The van der Waals surface area contributed by atoms with E-state index >= 15 is 4.39 Å². The summed E-state index contributed by atoms with van der Waals surface area (Å²) < 4.78 is 57.4.